The van der Waals surface area contributed by atoms with Crippen LogP contribution in [0.3, 0.4) is 0 Å². The van der Waals surface area contributed by atoms with Crippen molar-refractivity contribution in [1.29, 1.82) is 0 Å². The first-order valence-electron chi connectivity index (χ1n) is 12.3. The fourth-order valence-corrected chi connectivity index (χ4v) is 6.16. The average Bonchev–Trinajstić information content (AvgIpc) is 2.90. The first-order chi connectivity index (χ1) is 17.4. The topological polar surface area (TPSA) is 74.8 Å². The van der Waals surface area contributed by atoms with Crippen molar-refractivity contribution in [3.05, 3.63) is 70.8 Å². The molecule has 4 amide bonds. The molecule has 2 aliphatic rings. The molecule has 7 rings (SSSR count). The summed E-state index contributed by atoms with van der Waals surface area (Å²) in [5.41, 5.74) is 2.11. The van der Waals surface area contributed by atoms with Crippen LogP contribution in [0.15, 0.2) is 48.5 Å². The molecule has 0 saturated heterocycles. The Hall–Kier alpha value is -4.32. The van der Waals surface area contributed by atoms with Crippen molar-refractivity contribution in [1.82, 2.24) is 9.80 Å². The van der Waals surface area contributed by atoms with E-state index in [4.69, 9.17) is 0 Å². The second kappa shape index (κ2) is 7.10. The zero-order chi connectivity index (χ0) is 24.9. The Morgan fingerprint density at radius 1 is 0.528 bits per heavy atom. The summed E-state index contributed by atoms with van der Waals surface area (Å²) in [6.07, 6.45) is 2.76. The van der Waals surface area contributed by atoms with Crippen molar-refractivity contribution in [3.63, 3.8) is 0 Å². The van der Waals surface area contributed by atoms with Gasteiger partial charge in [-0.15, -0.1) is 0 Å². The first-order valence-corrected chi connectivity index (χ1v) is 12.3. The van der Waals surface area contributed by atoms with Crippen molar-refractivity contribution >= 4 is 66.7 Å². The van der Waals surface area contributed by atoms with Gasteiger partial charge in [0.25, 0.3) is 23.6 Å². The highest BCUT2D eigenvalue weighted by molar-refractivity contribution is 6.41. The number of imide groups is 2. The van der Waals surface area contributed by atoms with Crippen LogP contribution in [0.1, 0.15) is 67.6 Å². The van der Waals surface area contributed by atoms with E-state index in [0.29, 0.717) is 39.6 Å². The molecule has 0 spiro atoms. The third-order valence-corrected chi connectivity index (χ3v) is 7.91. The van der Waals surface area contributed by atoms with Crippen molar-refractivity contribution in [2.24, 2.45) is 0 Å². The summed E-state index contributed by atoms with van der Waals surface area (Å²) in [5, 5.41) is 6.71. The van der Waals surface area contributed by atoms with Gasteiger partial charge in [-0.2, -0.15) is 0 Å². The van der Waals surface area contributed by atoms with Gasteiger partial charge < -0.3 is 0 Å². The van der Waals surface area contributed by atoms with Crippen molar-refractivity contribution in [2.45, 2.75) is 26.2 Å². The van der Waals surface area contributed by atoms with E-state index in [1.54, 1.807) is 12.1 Å². The molecule has 0 fully saturated rings. The van der Waals surface area contributed by atoms with E-state index in [2.05, 4.69) is 6.92 Å². The van der Waals surface area contributed by atoms with E-state index in [1.807, 2.05) is 36.4 Å². The number of rotatable bonds is 4. The molecule has 0 saturated carbocycles. The van der Waals surface area contributed by atoms with E-state index < -0.39 is 0 Å². The van der Waals surface area contributed by atoms with Gasteiger partial charge in [0.1, 0.15) is 0 Å². The van der Waals surface area contributed by atoms with Gasteiger partial charge in [0.2, 0.25) is 0 Å². The minimum Gasteiger partial charge on any atom is -0.277 e. The monoisotopic (exact) mass is 474 g/mol. The molecule has 0 unspecified atom stereocenters. The van der Waals surface area contributed by atoms with Crippen LogP contribution in [-0.2, 0) is 0 Å². The summed E-state index contributed by atoms with van der Waals surface area (Å²) in [6, 6.07) is 14.9. The molecule has 0 radical (unpaired) electrons. The summed E-state index contributed by atoms with van der Waals surface area (Å²) in [6.45, 7) is 2.51. The van der Waals surface area contributed by atoms with Crippen LogP contribution in [0.4, 0.5) is 0 Å². The Balaban J connectivity index is 1.58. The Bertz CT molecular complexity index is 1730. The molecular weight excluding hydrogens is 452 g/mol. The molecule has 5 aromatic carbocycles. The largest absolute Gasteiger partial charge is 0.277 e. The molecule has 176 valence electrons. The van der Waals surface area contributed by atoms with Crippen LogP contribution in [0.2, 0.25) is 0 Å². The summed E-state index contributed by atoms with van der Waals surface area (Å²) in [5.74, 6) is -1.12. The number of benzene rings is 5. The zero-order valence-corrected chi connectivity index (χ0v) is 20.0. The number of hydrogen-bond donors (Lipinski definition) is 0. The lowest BCUT2D eigenvalue weighted by atomic mass is 9.82. The lowest BCUT2D eigenvalue weighted by molar-refractivity contribution is 0.0603. The maximum atomic E-state index is 13.4. The predicted octanol–water partition coefficient (Wildman–Crippen LogP) is 5.75. The fourth-order valence-electron chi connectivity index (χ4n) is 6.16. The molecule has 6 heteroatoms. The highest BCUT2D eigenvalue weighted by Crippen LogP contribution is 2.46. The number of hydrogen-bond acceptors (Lipinski definition) is 4. The molecule has 0 aliphatic carbocycles. The van der Waals surface area contributed by atoms with Gasteiger partial charge in [0.05, 0.1) is 0 Å². The van der Waals surface area contributed by atoms with Gasteiger partial charge in [-0.1, -0.05) is 44.0 Å². The fraction of sp³-hybridized carbons (Fsp3) is 0.200. The lowest BCUT2D eigenvalue weighted by Gasteiger charge is -2.29. The second-order valence-electron chi connectivity index (χ2n) is 9.78. The number of carbonyl (C=O) groups excluding carboxylic acids is 4. The summed E-state index contributed by atoms with van der Waals surface area (Å²) >= 11 is 0. The number of fused-ring (bicyclic) bond motifs is 2. The van der Waals surface area contributed by atoms with E-state index in [1.165, 1.54) is 11.9 Å². The van der Waals surface area contributed by atoms with Crippen LogP contribution in [0.25, 0.3) is 43.1 Å². The van der Waals surface area contributed by atoms with E-state index >= 15 is 0 Å². The van der Waals surface area contributed by atoms with Gasteiger partial charge in [-0.25, -0.2) is 0 Å². The van der Waals surface area contributed by atoms with E-state index in [9.17, 15) is 19.2 Å². The molecule has 0 aromatic heterocycles. The van der Waals surface area contributed by atoms with E-state index in [-0.39, 0.29) is 23.6 Å². The van der Waals surface area contributed by atoms with Gasteiger partial charge in [0.15, 0.2) is 0 Å². The van der Waals surface area contributed by atoms with Crippen LogP contribution in [-0.4, -0.2) is 47.0 Å². The summed E-state index contributed by atoms with van der Waals surface area (Å²) in [7, 11) is 1.50. The maximum Gasteiger partial charge on any atom is 0.261 e. The normalized spacial score (nSPS) is 15.5. The Morgan fingerprint density at radius 2 is 0.917 bits per heavy atom. The van der Waals surface area contributed by atoms with Crippen molar-refractivity contribution < 1.29 is 19.2 Å². The molecular formula is C30H22N2O4. The van der Waals surface area contributed by atoms with Gasteiger partial charge in [-0.05, 0) is 63.0 Å². The average molecular weight is 475 g/mol. The molecule has 5 aromatic rings. The predicted molar refractivity (Wildman–Crippen MR) is 139 cm³/mol. The minimum absolute atomic E-state index is 0.248. The molecule has 0 N–H and O–H groups in total. The Labute approximate surface area is 206 Å². The molecule has 6 nitrogen and oxygen atoms in total. The molecule has 2 aliphatic heterocycles. The SMILES string of the molecule is CCCCCN1C(=O)c2ccc3c4ccc5c6c(ccc(c7ccc(c2c37)C1=O)c64)C(=O)N(C)C5=O. The standard InChI is InChI=1S/C30H22N2O4/c1-3-4-5-14-32-29(35)21-12-8-17-15-6-10-19-25-20(28(34)31(2)27(19)33)11-7-16(23(15)25)18-9-13-22(30(32)36)26(21)24(17)18/h6-13H,3-5,14H2,1-2H3. The molecule has 36 heavy (non-hydrogen) atoms. The van der Waals surface area contributed by atoms with Gasteiger partial charge in [-0.3, -0.25) is 29.0 Å². The third-order valence-electron chi connectivity index (χ3n) is 7.91. The van der Waals surface area contributed by atoms with Gasteiger partial charge >= 0.3 is 0 Å². The summed E-state index contributed by atoms with van der Waals surface area (Å²) < 4.78 is 0. The molecule has 0 atom stereocenters. The number of unbranched alkanes of at least 4 members (excludes halogenated alkanes) is 2. The second-order valence-corrected chi connectivity index (χ2v) is 9.78. The van der Waals surface area contributed by atoms with Crippen LogP contribution in [0, 0.1) is 0 Å². The third kappa shape index (κ3) is 2.41. The number of nitrogens with zero attached hydrogens (tertiary/aromatic N) is 2. The maximum absolute atomic E-state index is 13.4. The number of amides is 4. The highest BCUT2D eigenvalue weighted by atomic mass is 16.2. The summed E-state index contributed by atoms with van der Waals surface area (Å²) in [4.78, 5) is 55.3. The highest BCUT2D eigenvalue weighted by Gasteiger charge is 2.35. The van der Waals surface area contributed by atoms with Gasteiger partial charge in [0, 0.05) is 46.6 Å². The quantitative estimate of drug-likeness (QED) is 0.144. The first kappa shape index (κ1) is 21.0. The number of carbonyl (C=O) groups is 4. The Kier molecular flexibility index (Phi) is 4.14. The molecule has 0 bridgehead atoms. The van der Waals surface area contributed by atoms with Crippen LogP contribution < -0.4 is 0 Å². The smallest absolute Gasteiger partial charge is 0.261 e. The van der Waals surface area contributed by atoms with Crippen molar-refractivity contribution in [2.75, 3.05) is 13.6 Å². The zero-order valence-electron chi connectivity index (χ0n) is 20.0. The van der Waals surface area contributed by atoms with Crippen LogP contribution in [0.5, 0.6) is 0 Å². The van der Waals surface area contributed by atoms with Crippen LogP contribution >= 0.6 is 0 Å². The van der Waals surface area contributed by atoms with Crippen molar-refractivity contribution in [3.8, 4) is 0 Å². The lowest BCUT2D eigenvalue weighted by Crippen LogP contribution is -2.40. The molecule has 2 heterocycles. The minimum atomic E-state index is -0.313. The van der Waals surface area contributed by atoms with E-state index in [0.717, 1.165) is 56.5 Å². The Morgan fingerprint density at radius 3 is 1.31 bits per heavy atom.